The van der Waals surface area contributed by atoms with E-state index in [2.05, 4.69) is 65.9 Å². The van der Waals surface area contributed by atoms with Gasteiger partial charge in [-0.3, -0.25) is 4.79 Å². The zero-order valence-corrected chi connectivity index (χ0v) is 23.3. The maximum atomic E-state index is 12.1. The molecule has 3 atom stereocenters. The van der Waals surface area contributed by atoms with E-state index >= 15 is 0 Å². The van der Waals surface area contributed by atoms with Gasteiger partial charge in [0.1, 0.15) is 5.75 Å². The van der Waals surface area contributed by atoms with Crippen molar-refractivity contribution in [2.75, 3.05) is 13.7 Å². The molecule has 2 rings (SSSR count). The molecule has 4 nitrogen and oxygen atoms in total. The lowest BCUT2D eigenvalue weighted by Crippen LogP contribution is -2.40. The standard InChI is InChI=1S/C26H44O4SSi/c1-19-15-16-24(31-23-14-11-13-21(23)25(27)28-6)22(18-19)30-20(2)12-9-10-17-29-32(7,8)26(3,4)5/h15-16,18,20-21,23H,9-14,17H2,1-8H3/t20-,21+,23-/m1/s1. The molecule has 0 spiro atoms. The summed E-state index contributed by atoms with van der Waals surface area (Å²) < 4.78 is 17.7. The molecule has 0 aromatic heterocycles. The van der Waals surface area contributed by atoms with Crippen molar-refractivity contribution in [2.24, 2.45) is 5.92 Å². The number of hydrogen-bond donors (Lipinski definition) is 0. The number of carbonyl (C=O) groups is 1. The highest BCUT2D eigenvalue weighted by Gasteiger charge is 2.37. The Morgan fingerprint density at radius 3 is 2.59 bits per heavy atom. The van der Waals surface area contributed by atoms with Crippen LogP contribution in [0.3, 0.4) is 0 Å². The van der Waals surface area contributed by atoms with Crippen LogP contribution in [0.5, 0.6) is 5.75 Å². The van der Waals surface area contributed by atoms with Crippen LogP contribution in [-0.2, 0) is 14.0 Å². The Labute approximate surface area is 201 Å². The lowest BCUT2D eigenvalue weighted by molar-refractivity contribution is -0.144. The molecule has 32 heavy (non-hydrogen) atoms. The molecule has 1 aromatic carbocycles. The summed E-state index contributed by atoms with van der Waals surface area (Å²) in [4.78, 5) is 13.3. The Bertz CT molecular complexity index is 744. The summed E-state index contributed by atoms with van der Waals surface area (Å²) in [5.74, 6) is 0.843. The smallest absolute Gasteiger partial charge is 0.309 e. The summed E-state index contributed by atoms with van der Waals surface area (Å²) in [5, 5.41) is 0.518. The highest BCUT2D eigenvalue weighted by atomic mass is 32.2. The van der Waals surface area contributed by atoms with Crippen molar-refractivity contribution < 1.29 is 18.7 Å². The van der Waals surface area contributed by atoms with Gasteiger partial charge in [-0.1, -0.05) is 33.3 Å². The van der Waals surface area contributed by atoms with Crippen LogP contribution in [0, 0.1) is 12.8 Å². The minimum atomic E-state index is -1.66. The lowest BCUT2D eigenvalue weighted by atomic mass is 10.1. The molecule has 0 aliphatic heterocycles. The molecule has 0 bridgehead atoms. The molecule has 0 unspecified atom stereocenters. The first-order valence-corrected chi connectivity index (χ1v) is 15.9. The van der Waals surface area contributed by atoms with E-state index in [0.29, 0.717) is 0 Å². The number of thioether (sulfide) groups is 1. The van der Waals surface area contributed by atoms with Gasteiger partial charge in [-0.2, -0.15) is 0 Å². The minimum absolute atomic E-state index is 0.0162. The summed E-state index contributed by atoms with van der Waals surface area (Å²) in [5.41, 5.74) is 1.19. The first-order valence-electron chi connectivity index (χ1n) is 12.1. The molecule has 182 valence electrons. The molecule has 6 heteroatoms. The Kier molecular flexibility index (Phi) is 10.2. The molecule has 0 saturated heterocycles. The van der Waals surface area contributed by atoms with Crippen molar-refractivity contribution >= 4 is 26.0 Å². The van der Waals surface area contributed by atoms with Gasteiger partial charge in [-0.25, -0.2) is 0 Å². The van der Waals surface area contributed by atoms with Crippen LogP contribution in [-0.4, -0.2) is 39.4 Å². The largest absolute Gasteiger partial charge is 0.490 e. The molecule has 0 heterocycles. The quantitative estimate of drug-likeness (QED) is 0.188. The topological polar surface area (TPSA) is 44.8 Å². The Morgan fingerprint density at radius 2 is 1.94 bits per heavy atom. The van der Waals surface area contributed by atoms with Gasteiger partial charge in [0.2, 0.25) is 0 Å². The zero-order valence-electron chi connectivity index (χ0n) is 21.5. The third-order valence-corrected chi connectivity index (χ3v) is 12.9. The van der Waals surface area contributed by atoms with Crippen molar-refractivity contribution in [3.63, 3.8) is 0 Å². The van der Waals surface area contributed by atoms with Gasteiger partial charge in [0.15, 0.2) is 8.32 Å². The number of rotatable bonds is 11. The van der Waals surface area contributed by atoms with Crippen molar-refractivity contribution in [1.82, 2.24) is 0 Å². The highest BCUT2D eigenvalue weighted by Crippen LogP contribution is 2.43. The lowest BCUT2D eigenvalue weighted by Gasteiger charge is -2.36. The fraction of sp³-hybridized carbons (Fsp3) is 0.731. The van der Waals surface area contributed by atoms with Crippen LogP contribution >= 0.6 is 11.8 Å². The molecule has 0 amide bonds. The van der Waals surface area contributed by atoms with Crippen LogP contribution < -0.4 is 4.74 Å². The van der Waals surface area contributed by atoms with Crippen LogP contribution in [0.15, 0.2) is 23.1 Å². The molecule has 0 N–H and O–H groups in total. The first-order chi connectivity index (χ1) is 14.9. The normalized spacial score (nSPS) is 20.2. The van der Waals surface area contributed by atoms with Crippen molar-refractivity contribution in [3.05, 3.63) is 23.8 Å². The second-order valence-electron chi connectivity index (χ2n) is 10.7. The molecule has 1 saturated carbocycles. The number of ether oxygens (including phenoxy) is 2. The van der Waals surface area contributed by atoms with Crippen molar-refractivity contribution in [1.29, 1.82) is 0 Å². The highest BCUT2D eigenvalue weighted by molar-refractivity contribution is 8.00. The number of esters is 1. The van der Waals surface area contributed by atoms with Gasteiger partial charge in [-0.05, 0) is 81.8 Å². The van der Waals surface area contributed by atoms with Gasteiger partial charge < -0.3 is 13.9 Å². The summed E-state index contributed by atoms with van der Waals surface area (Å²) in [6, 6.07) is 6.39. The number of carbonyl (C=O) groups excluding carboxylic acids is 1. The van der Waals surface area contributed by atoms with Gasteiger partial charge in [0, 0.05) is 16.8 Å². The first kappa shape index (κ1) is 27.3. The van der Waals surface area contributed by atoms with E-state index in [4.69, 9.17) is 13.9 Å². The number of hydrogen-bond acceptors (Lipinski definition) is 5. The van der Waals surface area contributed by atoms with Gasteiger partial charge in [0.25, 0.3) is 0 Å². The molecule has 1 fully saturated rings. The third-order valence-electron chi connectivity index (χ3n) is 6.94. The van der Waals surface area contributed by atoms with Crippen LogP contribution in [0.1, 0.15) is 71.8 Å². The predicted molar refractivity (Wildman–Crippen MR) is 137 cm³/mol. The summed E-state index contributed by atoms with van der Waals surface area (Å²) >= 11 is 1.78. The fourth-order valence-electron chi connectivity index (χ4n) is 3.81. The van der Waals surface area contributed by atoms with Crippen LogP contribution in [0.4, 0.5) is 0 Å². The summed E-state index contributed by atoms with van der Waals surface area (Å²) in [7, 11) is -0.171. The zero-order chi connectivity index (χ0) is 23.9. The van der Waals surface area contributed by atoms with E-state index < -0.39 is 8.32 Å². The second-order valence-corrected chi connectivity index (χ2v) is 16.8. The maximum absolute atomic E-state index is 12.1. The number of benzene rings is 1. The Balaban J connectivity index is 1.88. The van der Waals surface area contributed by atoms with Gasteiger partial charge in [-0.15, -0.1) is 11.8 Å². The van der Waals surface area contributed by atoms with E-state index in [1.807, 2.05) is 0 Å². The van der Waals surface area contributed by atoms with E-state index in [0.717, 1.165) is 55.8 Å². The average Bonchev–Trinajstić information content (AvgIpc) is 3.16. The van der Waals surface area contributed by atoms with Crippen LogP contribution in [0.2, 0.25) is 18.1 Å². The monoisotopic (exact) mass is 480 g/mol. The van der Waals surface area contributed by atoms with E-state index in [9.17, 15) is 4.79 Å². The van der Waals surface area contributed by atoms with Crippen LogP contribution in [0.25, 0.3) is 0 Å². The minimum Gasteiger partial charge on any atom is -0.490 e. The number of methoxy groups -OCH3 is 1. The van der Waals surface area contributed by atoms with E-state index in [1.54, 1.807) is 11.8 Å². The predicted octanol–water partition coefficient (Wildman–Crippen LogP) is 7.39. The SMILES string of the molecule is COC(=O)[C@H]1CCC[C@H]1Sc1ccc(C)cc1O[C@H](C)CCCCO[Si](C)(C)C(C)(C)C. The second kappa shape index (κ2) is 11.9. The fourth-order valence-corrected chi connectivity index (χ4v) is 6.29. The molecule has 0 radical (unpaired) electrons. The molecular formula is C26H44O4SSi. The third kappa shape index (κ3) is 7.81. The molecular weight excluding hydrogens is 436 g/mol. The summed E-state index contributed by atoms with van der Waals surface area (Å²) in [6.07, 6.45) is 6.35. The maximum Gasteiger partial charge on any atom is 0.309 e. The van der Waals surface area contributed by atoms with Crippen molar-refractivity contribution in [2.45, 2.75) is 108 Å². The molecule has 1 aromatic rings. The van der Waals surface area contributed by atoms with Gasteiger partial charge in [0.05, 0.1) is 19.1 Å². The number of aryl methyl sites for hydroxylation is 1. The van der Waals surface area contributed by atoms with E-state index in [-0.39, 0.29) is 28.3 Å². The molecule has 1 aliphatic rings. The Hall–Kier alpha value is -0.983. The summed E-state index contributed by atoms with van der Waals surface area (Å²) in [6.45, 7) is 16.6. The van der Waals surface area contributed by atoms with E-state index in [1.165, 1.54) is 12.7 Å². The van der Waals surface area contributed by atoms with Gasteiger partial charge >= 0.3 is 5.97 Å². The van der Waals surface area contributed by atoms with Crippen molar-refractivity contribution in [3.8, 4) is 5.75 Å². The molecule has 1 aliphatic carbocycles. The number of unbranched alkanes of at least 4 members (excludes halogenated alkanes) is 1. The average molecular weight is 481 g/mol. The Morgan fingerprint density at radius 1 is 1.22 bits per heavy atom.